The van der Waals surface area contributed by atoms with Crippen molar-refractivity contribution in [3.05, 3.63) is 51.2 Å². The van der Waals surface area contributed by atoms with Crippen LogP contribution in [-0.2, 0) is 9.84 Å². The van der Waals surface area contributed by atoms with Crippen molar-refractivity contribution in [1.82, 2.24) is 9.88 Å². The number of carbonyl (C=O) groups excluding carboxylic acids is 1. The molecule has 1 amide bonds. The zero-order valence-electron chi connectivity index (χ0n) is 14.0. The fraction of sp³-hybridized carbons (Fsp3) is 0.412. The van der Waals surface area contributed by atoms with Gasteiger partial charge in [-0.25, -0.2) is 17.8 Å². The molecule has 1 aliphatic rings. The number of benzene rings is 1. The molecule has 1 aromatic heterocycles. The summed E-state index contributed by atoms with van der Waals surface area (Å²) >= 11 is 1.31. The number of thiazole rings is 1. The Morgan fingerprint density at radius 2 is 2.00 bits per heavy atom. The molecule has 0 bridgehead atoms. The van der Waals surface area contributed by atoms with Crippen LogP contribution in [0.5, 0.6) is 0 Å². The Balaban J connectivity index is 1.87. The maximum atomic E-state index is 14.1. The van der Waals surface area contributed by atoms with Crippen LogP contribution >= 0.6 is 11.3 Å². The molecule has 1 unspecified atom stereocenters. The second-order valence-corrected chi connectivity index (χ2v) is 9.61. The first-order chi connectivity index (χ1) is 11.8. The fourth-order valence-corrected chi connectivity index (χ4v) is 5.80. The van der Waals surface area contributed by atoms with E-state index in [4.69, 9.17) is 0 Å². The average molecular weight is 382 g/mol. The number of sulfone groups is 1. The summed E-state index contributed by atoms with van der Waals surface area (Å²) in [6.45, 7) is 3.99. The van der Waals surface area contributed by atoms with Crippen LogP contribution in [0.15, 0.2) is 24.3 Å². The third kappa shape index (κ3) is 3.59. The van der Waals surface area contributed by atoms with Gasteiger partial charge in [0.2, 0.25) is 0 Å². The van der Waals surface area contributed by atoms with Crippen LogP contribution in [0.1, 0.15) is 37.6 Å². The van der Waals surface area contributed by atoms with Crippen molar-refractivity contribution in [2.75, 3.05) is 18.8 Å². The van der Waals surface area contributed by atoms with Crippen LogP contribution in [0, 0.1) is 19.7 Å². The van der Waals surface area contributed by atoms with Crippen LogP contribution in [0.4, 0.5) is 4.39 Å². The Labute approximate surface area is 150 Å². The quantitative estimate of drug-likeness (QED) is 0.801. The van der Waals surface area contributed by atoms with Gasteiger partial charge in [-0.05, 0) is 26.3 Å². The Morgan fingerprint density at radius 1 is 1.28 bits per heavy atom. The molecule has 25 heavy (non-hydrogen) atoms. The van der Waals surface area contributed by atoms with Gasteiger partial charge >= 0.3 is 0 Å². The molecular weight excluding hydrogens is 363 g/mol. The topological polar surface area (TPSA) is 67.3 Å². The van der Waals surface area contributed by atoms with Crippen molar-refractivity contribution in [3.8, 4) is 0 Å². The molecule has 0 saturated carbocycles. The Hall–Kier alpha value is -1.80. The van der Waals surface area contributed by atoms with E-state index < -0.39 is 20.9 Å². The van der Waals surface area contributed by atoms with Gasteiger partial charge in [-0.15, -0.1) is 11.3 Å². The molecule has 0 radical (unpaired) electrons. The monoisotopic (exact) mass is 382 g/mol. The van der Waals surface area contributed by atoms with E-state index in [2.05, 4.69) is 4.98 Å². The Morgan fingerprint density at radius 3 is 2.64 bits per heavy atom. The smallest absolute Gasteiger partial charge is 0.265 e. The van der Waals surface area contributed by atoms with Crippen LogP contribution in [0.2, 0.25) is 0 Å². The van der Waals surface area contributed by atoms with Crippen molar-refractivity contribution in [2.45, 2.75) is 25.5 Å². The molecule has 0 N–H and O–H groups in total. The molecular formula is C17H19FN2O3S2. The first kappa shape index (κ1) is 18.0. The highest BCUT2D eigenvalue weighted by Crippen LogP contribution is 2.32. The minimum absolute atomic E-state index is 0.114. The number of hydrogen-bond acceptors (Lipinski definition) is 5. The summed E-state index contributed by atoms with van der Waals surface area (Å²) < 4.78 is 39.3. The van der Waals surface area contributed by atoms with E-state index in [9.17, 15) is 17.6 Å². The second-order valence-electron chi connectivity index (χ2n) is 6.11. The molecule has 0 spiro atoms. The van der Waals surface area contributed by atoms with E-state index in [-0.39, 0.29) is 36.7 Å². The minimum atomic E-state index is -3.54. The molecule has 5 nitrogen and oxygen atoms in total. The summed E-state index contributed by atoms with van der Waals surface area (Å²) in [7, 11) is -3.54. The zero-order chi connectivity index (χ0) is 18.2. The van der Waals surface area contributed by atoms with Crippen molar-refractivity contribution in [1.29, 1.82) is 0 Å². The van der Waals surface area contributed by atoms with Crippen LogP contribution in [-0.4, -0.2) is 43.1 Å². The summed E-state index contributed by atoms with van der Waals surface area (Å²) in [4.78, 5) is 19.1. The molecule has 1 saturated heterocycles. The average Bonchev–Trinajstić information content (AvgIpc) is 2.80. The number of aromatic nitrogens is 1. The third-order valence-corrected chi connectivity index (χ3v) is 7.55. The molecule has 1 fully saturated rings. The largest absolute Gasteiger partial charge is 0.337 e. The van der Waals surface area contributed by atoms with Gasteiger partial charge in [-0.3, -0.25) is 4.79 Å². The Bertz CT molecular complexity index is 908. The zero-order valence-corrected chi connectivity index (χ0v) is 15.7. The predicted molar refractivity (Wildman–Crippen MR) is 95.0 cm³/mol. The fourth-order valence-electron chi connectivity index (χ4n) is 3.11. The third-order valence-electron chi connectivity index (χ3n) is 4.38. The highest BCUT2D eigenvalue weighted by molar-refractivity contribution is 7.91. The molecule has 2 aromatic rings. The molecule has 1 aliphatic heterocycles. The molecule has 8 heteroatoms. The van der Waals surface area contributed by atoms with Crippen molar-refractivity contribution in [3.63, 3.8) is 0 Å². The van der Waals surface area contributed by atoms with E-state index in [1.165, 1.54) is 29.5 Å². The summed E-state index contributed by atoms with van der Waals surface area (Å²) in [5.41, 5.74) is 0.840. The number of hydrogen-bond donors (Lipinski definition) is 0. The van der Waals surface area contributed by atoms with Crippen molar-refractivity contribution >= 4 is 27.1 Å². The minimum Gasteiger partial charge on any atom is -0.337 e. The van der Waals surface area contributed by atoms with Gasteiger partial charge in [0.15, 0.2) is 9.84 Å². The van der Waals surface area contributed by atoms with Crippen LogP contribution < -0.4 is 0 Å². The molecule has 1 atom stereocenters. The van der Waals surface area contributed by atoms with Gasteiger partial charge in [0, 0.05) is 18.7 Å². The van der Waals surface area contributed by atoms with Gasteiger partial charge in [0.25, 0.3) is 5.91 Å². The van der Waals surface area contributed by atoms with E-state index in [0.29, 0.717) is 10.6 Å². The predicted octanol–water partition coefficient (Wildman–Crippen LogP) is 2.90. The standard InChI is InChI=1S/C17H19FN2O3S2/c1-11-16(24-12(2)19-11)17(21)20-8-7-15(25(22,23)10-9-20)13-5-3-4-6-14(13)18/h3-6,15H,7-10H2,1-2H3. The molecule has 1 aromatic carbocycles. The normalized spacial score (nSPS) is 20.3. The lowest BCUT2D eigenvalue weighted by Gasteiger charge is -2.19. The van der Waals surface area contributed by atoms with Crippen molar-refractivity contribution < 1.29 is 17.6 Å². The first-order valence-corrected chi connectivity index (χ1v) is 10.5. The van der Waals surface area contributed by atoms with E-state index in [1.54, 1.807) is 17.9 Å². The van der Waals surface area contributed by atoms with E-state index in [1.807, 2.05) is 6.92 Å². The summed E-state index contributed by atoms with van der Waals surface area (Å²) in [5.74, 6) is -0.897. The number of amides is 1. The van der Waals surface area contributed by atoms with Crippen molar-refractivity contribution in [2.24, 2.45) is 0 Å². The lowest BCUT2D eigenvalue weighted by molar-refractivity contribution is 0.0770. The summed E-state index contributed by atoms with van der Waals surface area (Å²) in [5, 5.41) is -0.122. The van der Waals surface area contributed by atoms with Gasteiger partial charge in [-0.1, -0.05) is 18.2 Å². The summed E-state index contributed by atoms with van der Waals surface area (Å²) in [6.07, 6.45) is 0.186. The van der Waals surface area contributed by atoms with E-state index >= 15 is 0 Å². The maximum Gasteiger partial charge on any atom is 0.265 e. The summed E-state index contributed by atoms with van der Waals surface area (Å²) in [6, 6.07) is 5.94. The SMILES string of the molecule is Cc1nc(C)c(C(=O)N2CCC(c3ccccc3F)S(=O)(=O)CC2)s1. The van der Waals surface area contributed by atoms with Gasteiger partial charge in [-0.2, -0.15) is 0 Å². The molecule has 0 aliphatic carbocycles. The number of nitrogens with zero attached hydrogens (tertiary/aromatic N) is 2. The van der Waals surface area contributed by atoms with Gasteiger partial charge in [0.05, 0.1) is 21.7 Å². The maximum absolute atomic E-state index is 14.1. The molecule has 134 valence electrons. The van der Waals surface area contributed by atoms with E-state index in [0.717, 1.165) is 5.01 Å². The van der Waals surface area contributed by atoms with Crippen LogP contribution in [0.25, 0.3) is 0 Å². The van der Waals surface area contributed by atoms with Crippen LogP contribution in [0.3, 0.4) is 0 Å². The highest BCUT2D eigenvalue weighted by atomic mass is 32.2. The Kier molecular flexibility index (Phi) is 4.92. The molecule has 3 rings (SSSR count). The van der Waals surface area contributed by atoms with Gasteiger partial charge < -0.3 is 4.90 Å². The lowest BCUT2D eigenvalue weighted by atomic mass is 10.1. The number of carbonyl (C=O) groups is 1. The van der Waals surface area contributed by atoms with Gasteiger partial charge in [0.1, 0.15) is 10.7 Å². The number of halogens is 1. The number of aryl methyl sites for hydroxylation is 2. The molecule has 2 heterocycles. The first-order valence-electron chi connectivity index (χ1n) is 7.99. The lowest BCUT2D eigenvalue weighted by Crippen LogP contribution is -2.33. The second kappa shape index (κ2) is 6.84. The number of rotatable bonds is 2. The highest BCUT2D eigenvalue weighted by Gasteiger charge is 2.34.